The summed E-state index contributed by atoms with van der Waals surface area (Å²) in [6, 6.07) is 57.3. The number of para-hydroxylation sites is 2. The van der Waals surface area contributed by atoms with Gasteiger partial charge in [0.05, 0.1) is 33.5 Å². The quantitative estimate of drug-likeness (QED) is 0.132. The van der Waals surface area contributed by atoms with Crippen molar-refractivity contribution in [1.29, 1.82) is 0 Å². The third-order valence-electron chi connectivity index (χ3n) is 12.0. The van der Waals surface area contributed by atoms with Gasteiger partial charge in [0.25, 0.3) is 6.33 Å². The Morgan fingerprint density at radius 2 is 1.30 bits per heavy atom. The van der Waals surface area contributed by atoms with Crippen LogP contribution in [0.3, 0.4) is 0 Å². The van der Waals surface area contributed by atoms with Gasteiger partial charge in [0, 0.05) is 34.6 Å². The fourth-order valence-electron chi connectivity index (χ4n) is 9.08. The van der Waals surface area contributed by atoms with Crippen molar-refractivity contribution in [2.24, 2.45) is 0 Å². The van der Waals surface area contributed by atoms with Crippen molar-refractivity contribution in [1.82, 2.24) is 14.1 Å². The molecule has 1 aliphatic rings. The number of hydrogen-bond donors (Lipinski definition) is 0. The van der Waals surface area contributed by atoms with Crippen LogP contribution in [0.15, 0.2) is 181 Å². The number of hydrogen-bond acceptors (Lipinski definition) is 3. The maximum Gasteiger partial charge on any atom is 0.269 e. The molecule has 7 aromatic carbocycles. The van der Waals surface area contributed by atoms with Gasteiger partial charge >= 0.3 is 0 Å². The molecular weight excluding hydrogens is 737 g/mol. The summed E-state index contributed by atoms with van der Waals surface area (Å²) in [6.07, 6.45) is 7.78. The minimum atomic E-state index is -0.0487. The van der Waals surface area contributed by atoms with E-state index in [1.165, 1.54) is 22.3 Å². The van der Waals surface area contributed by atoms with Crippen LogP contribution < -0.4 is 9.30 Å². The van der Waals surface area contributed by atoms with E-state index in [0.717, 1.165) is 89.3 Å². The van der Waals surface area contributed by atoms with Crippen molar-refractivity contribution in [2.75, 3.05) is 0 Å². The Hall–Kier alpha value is -7.70. The summed E-state index contributed by atoms with van der Waals surface area (Å²) in [5, 5.41) is 4.32. The maximum absolute atomic E-state index is 6.75. The molecule has 0 amide bonds. The van der Waals surface area contributed by atoms with Gasteiger partial charge in [-0.3, -0.25) is 13.7 Å². The van der Waals surface area contributed by atoms with Crippen LogP contribution in [0, 0.1) is 6.33 Å². The second-order valence-electron chi connectivity index (χ2n) is 16.6. The van der Waals surface area contributed by atoms with Gasteiger partial charge in [0.2, 0.25) is 0 Å². The lowest BCUT2D eigenvalue weighted by atomic mass is 9.88. The Morgan fingerprint density at radius 3 is 2.13 bits per heavy atom. The van der Waals surface area contributed by atoms with Crippen molar-refractivity contribution < 1.29 is 13.7 Å². The molecule has 0 spiro atoms. The minimum Gasteiger partial charge on any atom is -0.458 e. The third-order valence-corrected chi connectivity index (χ3v) is 12.0. The lowest BCUT2D eigenvalue weighted by molar-refractivity contribution is -0.587. The number of fused-ring (bicyclic) bond motifs is 15. The minimum absolute atomic E-state index is 0.0487. The van der Waals surface area contributed by atoms with E-state index in [-0.39, 0.29) is 5.41 Å². The number of furan rings is 1. The van der Waals surface area contributed by atoms with Crippen LogP contribution in [0.1, 0.15) is 26.3 Å². The molecular formula is C54H38N4O2. The van der Waals surface area contributed by atoms with Crippen molar-refractivity contribution >= 4 is 43.7 Å². The van der Waals surface area contributed by atoms with Gasteiger partial charge in [-0.1, -0.05) is 112 Å². The zero-order chi connectivity index (χ0) is 40.1. The number of aromatic nitrogens is 4. The van der Waals surface area contributed by atoms with Gasteiger partial charge in [-0.25, -0.2) is 4.98 Å². The molecule has 6 heteroatoms. The fourth-order valence-corrected chi connectivity index (χ4v) is 9.08. The van der Waals surface area contributed by atoms with Gasteiger partial charge < -0.3 is 9.15 Å². The number of benzene rings is 7. The molecule has 0 bridgehead atoms. The second kappa shape index (κ2) is 12.9. The summed E-state index contributed by atoms with van der Waals surface area (Å²) < 4.78 is 19.9. The molecule has 0 atom stereocenters. The van der Waals surface area contributed by atoms with Gasteiger partial charge in [-0.15, -0.1) is 0 Å². The number of ether oxygens (including phenoxy) is 1. The zero-order valence-corrected chi connectivity index (χ0v) is 33.3. The topological polar surface area (TPSA) is 49.0 Å². The smallest absolute Gasteiger partial charge is 0.269 e. The van der Waals surface area contributed by atoms with E-state index in [2.05, 4.69) is 180 Å². The summed E-state index contributed by atoms with van der Waals surface area (Å²) in [5.74, 6) is 2.28. The summed E-state index contributed by atoms with van der Waals surface area (Å²) in [4.78, 5) is 4.94. The van der Waals surface area contributed by atoms with Gasteiger partial charge in [0.1, 0.15) is 28.5 Å². The van der Waals surface area contributed by atoms with E-state index in [1.807, 2.05) is 36.5 Å². The normalized spacial score (nSPS) is 12.2. The monoisotopic (exact) mass is 774 g/mol. The average Bonchev–Trinajstić information content (AvgIpc) is 3.98. The van der Waals surface area contributed by atoms with Gasteiger partial charge in [0.15, 0.2) is 0 Å². The standard InChI is InChI=1S/C54H38N4O2/c1-54(2,3)34-27-28-55-51(29-34)58-47-26-25-44-43-20-9-11-22-50(43)60-53(44)52(47)45-24-23-37(31-48(45)58)59-36-14-12-13-35(30-36)56-32-49-42-19-7-6-17-40(42)38-15-4-5-16-39(38)41-18-8-10-21-46(41)57(49)33-56/h4-32H,1-3H3. The zero-order valence-electron chi connectivity index (χ0n) is 33.3. The van der Waals surface area contributed by atoms with E-state index >= 15 is 0 Å². The summed E-state index contributed by atoms with van der Waals surface area (Å²) >= 11 is 0. The molecule has 6 nitrogen and oxygen atoms in total. The number of pyridine rings is 1. The molecule has 0 aliphatic carbocycles. The van der Waals surface area contributed by atoms with Crippen LogP contribution in [0.4, 0.5) is 0 Å². The van der Waals surface area contributed by atoms with Gasteiger partial charge in [-0.2, -0.15) is 0 Å². The molecule has 0 saturated heterocycles. The van der Waals surface area contributed by atoms with Crippen molar-refractivity contribution in [3.63, 3.8) is 0 Å². The SMILES string of the molecule is CC(C)(C)c1ccnc(-n2c3cc(Oc4cccc(-n5[c-][n+]6c(c5)-c5ccccc5-c5ccccc5-c5ccccc5-6)c4)ccc3c3c4oc5ccccc5c4ccc32)c1. The summed E-state index contributed by atoms with van der Waals surface area (Å²) in [5.41, 5.74) is 13.9. The third kappa shape index (κ3) is 5.27. The van der Waals surface area contributed by atoms with E-state index in [9.17, 15) is 0 Å². The predicted octanol–water partition coefficient (Wildman–Crippen LogP) is 13.3. The van der Waals surface area contributed by atoms with Crippen molar-refractivity contribution in [3.05, 3.63) is 188 Å². The Kier molecular flexibility index (Phi) is 7.39. The molecule has 0 fully saturated rings. The molecule has 0 saturated carbocycles. The highest BCUT2D eigenvalue weighted by Crippen LogP contribution is 2.43. The molecule has 4 aromatic heterocycles. The van der Waals surface area contributed by atoms with E-state index in [4.69, 9.17) is 14.1 Å². The number of rotatable bonds is 4. The first-order valence-electron chi connectivity index (χ1n) is 20.4. The van der Waals surface area contributed by atoms with Crippen molar-refractivity contribution in [3.8, 4) is 62.2 Å². The fraction of sp³-hybridized carbons (Fsp3) is 0.0741. The van der Waals surface area contributed by atoms with Crippen LogP contribution in [0.25, 0.3) is 94.4 Å². The largest absolute Gasteiger partial charge is 0.458 e. The van der Waals surface area contributed by atoms with E-state index in [1.54, 1.807) is 0 Å². The lowest BCUT2D eigenvalue weighted by Crippen LogP contribution is -2.33. The molecule has 12 rings (SSSR count). The Morgan fingerprint density at radius 1 is 0.600 bits per heavy atom. The molecule has 60 heavy (non-hydrogen) atoms. The molecule has 11 aromatic rings. The van der Waals surface area contributed by atoms with Crippen LogP contribution >= 0.6 is 0 Å². The first-order valence-corrected chi connectivity index (χ1v) is 20.4. The molecule has 0 unspecified atom stereocenters. The second-order valence-corrected chi connectivity index (χ2v) is 16.6. The van der Waals surface area contributed by atoms with Crippen LogP contribution in [0.5, 0.6) is 11.5 Å². The summed E-state index contributed by atoms with van der Waals surface area (Å²) in [6.45, 7) is 6.69. The number of imidazole rings is 1. The lowest BCUT2D eigenvalue weighted by Gasteiger charge is -2.21. The van der Waals surface area contributed by atoms with Crippen LogP contribution in [-0.4, -0.2) is 14.1 Å². The van der Waals surface area contributed by atoms with Crippen LogP contribution in [0.2, 0.25) is 0 Å². The Balaban J connectivity index is 0.990. The molecule has 0 radical (unpaired) electrons. The molecule has 286 valence electrons. The van der Waals surface area contributed by atoms with Crippen molar-refractivity contribution in [2.45, 2.75) is 26.2 Å². The van der Waals surface area contributed by atoms with Gasteiger partial charge in [-0.05, 0) is 106 Å². The summed E-state index contributed by atoms with van der Waals surface area (Å²) in [7, 11) is 0. The predicted molar refractivity (Wildman–Crippen MR) is 241 cm³/mol. The van der Waals surface area contributed by atoms with Crippen LogP contribution in [-0.2, 0) is 5.41 Å². The molecule has 5 heterocycles. The highest BCUT2D eigenvalue weighted by molar-refractivity contribution is 6.24. The first kappa shape index (κ1) is 34.4. The van der Waals surface area contributed by atoms with E-state index in [0.29, 0.717) is 0 Å². The highest BCUT2D eigenvalue weighted by Gasteiger charge is 2.24. The molecule has 0 N–H and O–H groups in total. The average molecular weight is 775 g/mol. The van der Waals surface area contributed by atoms with E-state index < -0.39 is 0 Å². The number of nitrogens with zero attached hydrogens (tertiary/aromatic N) is 4. The Labute approximate surface area is 346 Å². The molecule has 1 aliphatic heterocycles. The highest BCUT2D eigenvalue weighted by atomic mass is 16.5. The maximum atomic E-state index is 6.75. The Bertz CT molecular complexity index is 3440. The first-order chi connectivity index (χ1) is 29.4.